The Hall–Kier alpha value is -2.40. The van der Waals surface area contributed by atoms with E-state index in [-0.39, 0.29) is 18.4 Å². The fourth-order valence-corrected chi connectivity index (χ4v) is 2.67. The van der Waals surface area contributed by atoms with Gasteiger partial charge in [-0.05, 0) is 37.1 Å². The monoisotopic (exact) mass is 357 g/mol. The lowest BCUT2D eigenvalue weighted by Crippen LogP contribution is -2.44. The molecule has 3 N–H and O–H groups in total. The molecule has 3 atom stereocenters. The molecule has 0 amide bonds. The summed E-state index contributed by atoms with van der Waals surface area (Å²) in [4.78, 5) is 4.48. The topological polar surface area (TPSA) is 56.7 Å². The predicted octanol–water partition coefficient (Wildman–Crippen LogP) is 3.61. The van der Waals surface area contributed by atoms with Crippen LogP contribution in [0.1, 0.15) is 43.9 Å². The van der Waals surface area contributed by atoms with Crippen LogP contribution in [0.5, 0.6) is 0 Å². The Kier molecular flexibility index (Phi) is 7.60. The summed E-state index contributed by atoms with van der Waals surface area (Å²) in [6, 6.07) is 16.3. The van der Waals surface area contributed by atoms with E-state index in [2.05, 4.69) is 41.6 Å². The quantitative estimate of drug-likeness (QED) is 0.524. The zero-order valence-electron chi connectivity index (χ0n) is 15.6. The van der Waals surface area contributed by atoms with Crippen LogP contribution in [-0.4, -0.2) is 30.2 Å². The van der Waals surface area contributed by atoms with Gasteiger partial charge in [-0.2, -0.15) is 0 Å². The van der Waals surface area contributed by atoms with Crippen LogP contribution in [0.25, 0.3) is 0 Å². The molecule has 0 aromatic heterocycles. The molecule has 2 aromatic rings. The maximum Gasteiger partial charge on any atom is 0.191 e. The molecule has 0 aliphatic heterocycles. The molecule has 3 unspecified atom stereocenters. The highest BCUT2D eigenvalue weighted by molar-refractivity contribution is 5.80. The Bertz CT molecular complexity index is 688. The van der Waals surface area contributed by atoms with Gasteiger partial charge < -0.3 is 15.7 Å². The van der Waals surface area contributed by atoms with Crippen LogP contribution >= 0.6 is 0 Å². The van der Waals surface area contributed by atoms with Gasteiger partial charge in [-0.3, -0.25) is 4.99 Å². The van der Waals surface area contributed by atoms with Crippen molar-refractivity contribution in [3.8, 4) is 0 Å². The second-order valence-electron chi connectivity index (χ2n) is 6.42. The van der Waals surface area contributed by atoms with Crippen LogP contribution in [0.4, 0.5) is 4.39 Å². The van der Waals surface area contributed by atoms with E-state index >= 15 is 0 Å². The zero-order valence-corrected chi connectivity index (χ0v) is 15.6. The fourth-order valence-electron chi connectivity index (χ4n) is 2.67. The number of nitrogens with zero attached hydrogens (tertiary/aromatic N) is 1. The minimum atomic E-state index is -0.770. The number of aliphatic hydroxyl groups is 1. The average molecular weight is 357 g/mol. The van der Waals surface area contributed by atoms with E-state index in [1.54, 1.807) is 12.1 Å². The number of aliphatic hydroxyl groups excluding tert-OH is 1. The minimum absolute atomic E-state index is 0.165. The Balaban J connectivity index is 2.00. The van der Waals surface area contributed by atoms with Gasteiger partial charge in [0.2, 0.25) is 0 Å². The molecule has 0 aliphatic rings. The van der Waals surface area contributed by atoms with Gasteiger partial charge in [0.15, 0.2) is 5.96 Å². The van der Waals surface area contributed by atoms with Crippen molar-refractivity contribution in [2.75, 3.05) is 13.1 Å². The third-order valence-electron chi connectivity index (χ3n) is 4.46. The van der Waals surface area contributed by atoms with Crippen molar-refractivity contribution in [1.82, 2.24) is 10.6 Å². The van der Waals surface area contributed by atoms with Crippen LogP contribution in [-0.2, 0) is 0 Å². The van der Waals surface area contributed by atoms with Gasteiger partial charge in [-0.25, -0.2) is 4.39 Å². The summed E-state index contributed by atoms with van der Waals surface area (Å²) in [7, 11) is 0. The summed E-state index contributed by atoms with van der Waals surface area (Å²) in [5.74, 6) is 0.647. The maximum absolute atomic E-state index is 13.0. The molecule has 140 valence electrons. The van der Waals surface area contributed by atoms with Gasteiger partial charge in [0.05, 0.1) is 12.6 Å². The number of nitrogens with one attached hydrogen (secondary N) is 2. The molecule has 2 rings (SSSR count). The first-order chi connectivity index (χ1) is 12.5. The molecule has 0 radical (unpaired) electrons. The zero-order chi connectivity index (χ0) is 18.9. The van der Waals surface area contributed by atoms with E-state index in [0.717, 1.165) is 6.54 Å². The third kappa shape index (κ3) is 5.85. The summed E-state index contributed by atoms with van der Waals surface area (Å²) < 4.78 is 13.0. The van der Waals surface area contributed by atoms with E-state index in [9.17, 15) is 9.50 Å². The van der Waals surface area contributed by atoms with Gasteiger partial charge in [0.25, 0.3) is 0 Å². The highest BCUT2D eigenvalue weighted by atomic mass is 19.1. The van der Waals surface area contributed by atoms with E-state index in [4.69, 9.17) is 0 Å². The van der Waals surface area contributed by atoms with Crippen LogP contribution in [0, 0.1) is 5.82 Å². The van der Waals surface area contributed by atoms with Gasteiger partial charge in [0, 0.05) is 18.5 Å². The molecule has 2 aromatic carbocycles. The van der Waals surface area contributed by atoms with Crippen molar-refractivity contribution < 1.29 is 9.50 Å². The molecule has 0 heterocycles. The van der Waals surface area contributed by atoms with E-state index < -0.39 is 6.10 Å². The Morgan fingerprint density at radius 2 is 1.69 bits per heavy atom. The molecule has 4 nitrogen and oxygen atoms in total. The van der Waals surface area contributed by atoms with E-state index in [1.165, 1.54) is 17.7 Å². The normalized spacial score (nSPS) is 15.2. The molecule has 5 heteroatoms. The lowest BCUT2D eigenvalue weighted by atomic mass is 9.94. The van der Waals surface area contributed by atoms with Gasteiger partial charge in [-0.15, -0.1) is 0 Å². The molecule has 0 fully saturated rings. The minimum Gasteiger partial charge on any atom is -0.386 e. The van der Waals surface area contributed by atoms with Crippen molar-refractivity contribution in [3.05, 3.63) is 71.5 Å². The van der Waals surface area contributed by atoms with Gasteiger partial charge in [0.1, 0.15) is 5.82 Å². The SMILES string of the molecule is CCNC(=NCC(O)c1ccc(F)cc1)NC(C)C(C)c1ccccc1. The van der Waals surface area contributed by atoms with E-state index in [0.29, 0.717) is 17.4 Å². The van der Waals surface area contributed by atoms with Crippen LogP contribution in [0.15, 0.2) is 59.6 Å². The van der Waals surface area contributed by atoms with Crippen LogP contribution in [0.2, 0.25) is 0 Å². The van der Waals surface area contributed by atoms with Crippen LogP contribution in [0.3, 0.4) is 0 Å². The predicted molar refractivity (Wildman–Crippen MR) is 105 cm³/mol. The maximum atomic E-state index is 13.0. The lowest BCUT2D eigenvalue weighted by molar-refractivity contribution is 0.187. The first-order valence-electron chi connectivity index (χ1n) is 9.04. The average Bonchev–Trinajstić information content (AvgIpc) is 2.66. The molecule has 26 heavy (non-hydrogen) atoms. The molecular weight excluding hydrogens is 329 g/mol. The number of benzene rings is 2. The molecule has 0 bridgehead atoms. The first-order valence-corrected chi connectivity index (χ1v) is 9.04. The van der Waals surface area contributed by atoms with Gasteiger partial charge in [-0.1, -0.05) is 49.4 Å². The van der Waals surface area contributed by atoms with Crippen molar-refractivity contribution >= 4 is 5.96 Å². The Labute approximate surface area is 155 Å². The highest BCUT2D eigenvalue weighted by Gasteiger charge is 2.16. The summed E-state index contributed by atoms with van der Waals surface area (Å²) in [6.45, 7) is 7.21. The van der Waals surface area contributed by atoms with Crippen molar-refractivity contribution in [2.45, 2.75) is 38.8 Å². The molecule has 0 saturated heterocycles. The summed E-state index contributed by atoms with van der Waals surface area (Å²) in [5.41, 5.74) is 1.91. The van der Waals surface area contributed by atoms with Crippen molar-refractivity contribution in [1.29, 1.82) is 0 Å². The number of aliphatic imine (C=N–C) groups is 1. The lowest BCUT2D eigenvalue weighted by Gasteiger charge is -2.24. The molecule has 0 aliphatic carbocycles. The number of guanidine groups is 1. The smallest absolute Gasteiger partial charge is 0.191 e. The third-order valence-corrected chi connectivity index (χ3v) is 4.46. The summed E-state index contributed by atoms with van der Waals surface area (Å²) >= 11 is 0. The number of hydrogen-bond acceptors (Lipinski definition) is 2. The molecule has 0 saturated carbocycles. The molecular formula is C21H28FN3O. The Morgan fingerprint density at radius 3 is 2.31 bits per heavy atom. The Morgan fingerprint density at radius 1 is 1.04 bits per heavy atom. The largest absolute Gasteiger partial charge is 0.386 e. The first kappa shape index (κ1) is 19.9. The number of rotatable bonds is 7. The standard InChI is InChI=1S/C21H28FN3O/c1-4-23-21(24-14-20(26)18-10-12-19(22)13-11-18)25-16(3)15(2)17-8-6-5-7-9-17/h5-13,15-16,20,26H,4,14H2,1-3H3,(H2,23,24,25). The van der Waals surface area contributed by atoms with E-state index in [1.807, 2.05) is 25.1 Å². The van der Waals surface area contributed by atoms with Gasteiger partial charge >= 0.3 is 0 Å². The van der Waals surface area contributed by atoms with Crippen LogP contribution < -0.4 is 10.6 Å². The van der Waals surface area contributed by atoms with Crippen molar-refractivity contribution in [3.63, 3.8) is 0 Å². The second-order valence-corrected chi connectivity index (χ2v) is 6.42. The summed E-state index contributed by atoms with van der Waals surface area (Å²) in [5, 5.41) is 16.9. The second kappa shape index (κ2) is 9.92. The fraction of sp³-hybridized carbons (Fsp3) is 0.381. The summed E-state index contributed by atoms with van der Waals surface area (Å²) in [6.07, 6.45) is -0.770. The number of halogens is 1. The molecule has 0 spiro atoms. The van der Waals surface area contributed by atoms with Crippen molar-refractivity contribution in [2.24, 2.45) is 4.99 Å². The highest BCUT2D eigenvalue weighted by Crippen LogP contribution is 2.18. The number of hydrogen-bond donors (Lipinski definition) is 3.